The molecule has 11 heteroatoms. The first-order chi connectivity index (χ1) is 15.1. The van der Waals surface area contributed by atoms with Crippen molar-refractivity contribution in [1.29, 1.82) is 0 Å². The molecular weight excluding hydrogens is 438 g/mol. The largest absolute Gasteiger partial charge is 0.545 e. The van der Waals surface area contributed by atoms with Crippen LogP contribution in [0.2, 0.25) is 0 Å². The van der Waals surface area contributed by atoms with Crippen LogP contribution in [0.25, 0.3) is 0 Å². The second-order valence-corrected chi connectivity index (χ2v) is 8.37. The molecule has 0 aromatic heterocycles. The van der Waals surface area contributed by atoms with Gasteiger partial charge in [0.05, 0.1) is 15.8 Å². The van der Waals surface area contributed by atoms with Crippen molar-refractivity contribution in [2.24, 2.45) is 0 Å². The summed E-state index contributed by atoms with van der Waals surface area (Å²) >= 11 is 0. The molecule has 1 amide bonds. The van der Waals surface area contributed by atoms with Gasteiger partial charge in [-0.2, -0.15) is 0 Å². The number of amides is 1. The van der Waals surface area contributed by atoms with Crippen LogP contribution < -0.4 is 15.1 Å². The first kappa shape index (κ1) is 22.4. The Kier molecular flexibility index (Phi) is 6.21. The molecule has 32 heavy (non-hydrogen) atoms. The average Bonchev–Trinajstić information content (AvgIpc) is 2.73. The molecule has 3 aromatic carbocycles. The Balaban J connectivity index is 1.88. The van der Waals surface area contributed by atoms with Crippen LogP contribution in [0.5, 0.6) is 0 Å². The summed E-state index contributed by atoms with van der Waals surface area (Å²) in [6, 6.07) is 14.4. The van der Waals surface area contributed by atoms with E-state index in [2.05, 4.69) is 10.0 Å². The highest BCUT2D eigenvalue weighted by molar-refractivity contribution is 7.92. The van der Waals surface area contributed by atoms with Crippen LogP contribution in [0.4, 0.5) is 17.1 Å². The van der Waals surface area contributed by atoms with E-state index in [9.17, 15) is 33.2 Å². The van der Waals surface area contributed by atoms with Gasteiger partial charge in [0.1, 0.15) is 0 Å². The molecule has 3 rings (SSSR count). The Morgan fingerprint density at radius 3 is 2.28 bits per heavy atom. The summed E-state index contributed by atoms with van der Waals surface area (Å²) in [6.45, 7) is 1.54. The highest BCUT2D eigenvalue weighted by Crippen LogP contribution is 2.23. The molecule has 0 saturated heterocycles. The molecule has 0 radical (unpaired) electrons. The fourth-order valence-electron chi connectivity index (χ4n) is 2.85. The van der Waals surface area contributed by atoms with Gasteiger partial charge in [-0.05, 0) is 48.4 Å². The number of benzene rings is 3. The zero-order valence-electron chi connectivity index (χ0n) is 16.6. The zero-order valence-corrected chi connectivity index (χ0v) is 17.4. The highest BCUT2D eigenvalue weighted by Gasteiger charge is 2.20. The molecule has 0 aliphatic rings. The molecule has 2 N–H and O–H groups in total. The SMILES string of the molecule is Cc1ccc(C(=O)Nc2cccc([N+](=O)[O-])c2)cc1S(=O)(=O)Nc1cccc(C(=O)[O-])c1. The van der Waals surface area contributed by atoms with E-state index in [-0.39, 0.29) is 33.1 Å². The second-order valence-electron chi connectivity index (χ2n) is 6.72. The summed E-state index contributed by atoms with van der Waals surface area (Å²) in [5.41, 5.74) is 0.125. The lowest BCUT2D eigenvalue weighted by atomic mass is 10.1. The third kappa shape index (κ3) is 5.08. The highest BCUT2D eigenvalue weighted by atomic mass is 32.2. The molecule has 0 heterocycles. The molecule has 0 saturated carbocycles. The third-order valence-corrected chi connectivity index (χ3v) is 5.93. The normalized spacial score (nSPS) is 10.9. The number of hydrogen-bond donors (Lipinski definition) is 2. The summed E-state index contributed by atoms with van der Waals surface area (Å²) in [4.78, 5) is 33.7. The van der Waals surface area contributed by atoms with Gasteiger partial charge in [-0.3, -0.25) is 19.6 Å². The van der Waals surface area contributed by atoms with Gasteiger partial charge in [0.25, 0.3) is 21.6 Å². The molecular formula is C21H16N3O7S-. The Morgan fingerprint density at radius 2 is 1.59 bits per heavy atom. The van der Waals surface area contributed by atoms with Gasteiger partial charge in [-0.1, -0.05) is 24.3 Å². The lowest BCUT2D eigenvalue weighted by Gasteiger charge is -2.13. The maximum Gasteiger partial charge on any atom is 0.271 e. The van der Waals surface area contributed by atoms with Gasteiger partial charge in [0.2, 0.25) is 0 Å². The number of carboxylic acids is 1. The van der Waals surface area contributed by atoms with Gasteiger partial charge in [-0.25, -0.2) is 8.42 Å². The average molecular weight is 454 g/mol. The van der Waals surface area contributed by atoms with Crippen LogP contribution in [0.1, 0.15) is 26.3 Å². The van der Waals surface area contributed by atoms with Gasteiger partial charge in [-0.15, -0.1) is 0 Å². The van der Waals surface area contributed by atoms with Crippen LogP contribution in [0, 0.1) is 17.0 Å². The number of rotatable bonds is 7. The smallest absolute Gasteiger partial charge is 0.271 e. The number of carboxylic acid groups (broad SMARTS) is 1. The van der Waals surface area contributed by atoms with Gasteiger partial charge < -0.3 is 15.2 Å². The van der Waals surface area contributed by atoms with Crippen LogP contribution in [0.15, 0.2) is 71.6 Å². The number of nitrogens with one attached hydrogen (secondary N) is 2. The van der Waals surface area contributed by atoms with Crippen molar-refractivity contribution in [3.8, 4) is 0 Å². The summed E-state index contributed by atoms with van der Waals surface area (Å²) in [6.07, 6.45) is 0. The molecule has 0 unspecified atom stereocenters. The number of aryl methyl sites for hydroxylation is 1. The third-order valence-electron chi connectivity index (χ3n) is 4.41. The standard InChI is InChI=1S/C21H17N3O7S/c1-13-8-9-14(20(25)22-16-5-3-7-18(12-16)24(28)29)11-19(13)32(30,31)23-17-6-2-4-15(10-17)21(26)27/h2-12,23H,1H3,(H,22,25)(H,26,27)/p-1. The number of nitro groups is 1. The van der Waals surface area contributed by atoms with Crippen LogP contribution in [0.3, 0.4) is 0 Å². The van der Waals surface area contributed by atoms with Crippen molar-refractivity contribution < 1.29 is 28.0 Å². The minimum atomic E-state index is -4.17. The van der Waals surface area contributed by atoms with E-state index >= 15 is 0 Å². The van der Waals surface area contributed by atoms with Crippen molar-refractivity contribution in [1.82, 2.24) is 0 Å². The molecule has 0 aliphatic heterocycles. The number of hydrogen-bond acceptors (Lipinski definition) is 7. The maximum atomic E-state index is 12.9. The fourth-order valence-corrected chi connectivity index (χ4v) is 4.17. The number of carbonyl (C=O) groups is 2. The molecule has 10 nitrogen and oxygen atoms in total. The van der Waals surface area contributed by atoms with E-state index < -0.39 is 26.8 Å². The summed E-state index contributed by atoms with van der Waals surface area (Å²) in [5.74, 6) is -2.12. The van der Waals surface area contributed by atoms with E-state index in [4.69, 9.17) is 0 Å². The monoisotopic (exact) mass is 454 g/mol. The second kappa shape index (κ2) is 8.86. The fraction of sp³-hybridized carbons (Fsp3) is 0.0476. The van der Waals surface area contributed by atoms with Crippen molar-refractivity contribution >= 4 is 39.0 Å². The van der Waals surface area contributed by atoms with Crippen molar-refractivity contribution in [3.63, 3.8) is 0 Å². The van der Waals surface area contributed by atoms with E-state index in [0.29, 0.717) is 5.56 Å². The van der Waals surface area contributed by atoms with E-state index in [0.717, 1.165) is 12.1 Å². The lowest BCUT2D eigenvalue weighted by molar-refractivity contribution is -0.384. The number of carbonyl (C=O) groups excluding carboxylic acids is 2. The lowest BCUT2D eigenvalue weighted by Crippen LogP contribution is -2.22. The first-order valence-electron chi connectivity index (χ1n) is 9.07. The quantitative estimate of drug-likeness (QED) is 0.409. The number of nitro benzene ring substituents is 1. The van der Waals surface area contributed by atoms with E-state index in [1.54, 1.807) is 0 Å². The molecule has 0 aliphatic carbocycles. The molecule has 0 bridgehead atoms. The van der Waals surface area contributed by atoms with Crippen molar-refractivity contribution in [2.75, 3.05) is 10.0 Å². The summed E-state index contributed by atoms with van der Waals surface area (Å²) < 4.78 is 28.0. The van der Waals surface area contributed by atoms with Crippen molar-refractivity contribution in [2.45, 2.75) is 11.8 Å². The topological polar surface area (TPSA) is 159 Å². The predicted octanol–water partition coefficient (Wildman–Crippen LogP) is 2.32. The van der Waals surface area contributed by atoms with Gasteiger partial charge in [0, 0.05) is 29.1 Å². The number of aromatic carboxylic acids is 1. The molecule has 0 atom stereocenters. The Hall–Kier alpha value is -4.25. The van der Waals surface area contributed by atoms with Crippen LogP contribution in [-0.4, -0.2) is 25.2 Å². The van der Waals surface area contributed by atoms with E-state index in [1.807, 2.05) is 0 Å². The minimum absolute atomic E-state index is 0.00553. The maximum absolute atomic E-state index is 12.9. The van der Waals surface area contributed by atoms with Gasteiger partial charge >= 0.3 is 0 Å². The van der Waals surface area contributed by atoms with Crippen LogP contribution >= 0.6 is 0 Å². The molecule has 164 valence electrons. The predicted molar refractivity (Wildman–Crippen MR) is 114 cm³/mol. The Morgan fingerprint density at radius 1 is 0.906 bits per heavy atom. The molecule has 0 fully saturated rings. The summed E-state index contributed by atoms with van der Waals surface area (Å²) in [5, 5.41) is 24.4. The zero-order chi connectivity index (χ0) is 23.5. The molecule has 0 spiro atoms. The number of nitrogens with zero attached hydrogens (tertiary/aromatic N) is 1. The number of non-ortho nitro benzene ring substituents is 1. The van der Waals surface area contributed by atoms with Gasteiger partial charge in [0.15, 0.2) is 0 Å². The number of sulfonamides is 1. The first-order valence-corrected chi connectivity index (χ1v) is 10.6. The Bertz CT molecular complexity index is 1340. The number of anilines is 2. The van der Waals surface area contributed by atoms with Crippen molar-refractivity contribution in [3.05, 3.63) is 93.5 Å². The minimum Gasteiger partial charge on any atom is -0.545 e. The Labute approximate surface area is 182 Å². The molecule has 3 aromatic rings. The summed E-state index contributed by atoms with van der Waals surface area (Å²) in [7, 11) is -4.17. The van der Waals surface area contributed by atoms with Crippen LogP contribution in [-0.2, 0) is 10.0 Å². The van der Waals surface area contributed by atoms with E-state index in [1.165, 1.54) is 61.5 Å².